The van der Waals surface area contributed by atoms with E-state index in [2.05, 4.69) is 30.6 Å². The fraction of sp³-hybridized carbons (Fsp3) is 0.929. The molecular formula is C14H27N3O. The van der Waals surface area contributed by atoms with Crippen LogP contribution in [0.25, 0.3) is 0 Å². The molecule has 0 atom stereocenters. The van der Waals surface area contributed by atoms with Crippen LogP contribution in [0.4, 0.5) is 4.79 Å². The zero-order valence-corrected chi connectivity index (χ0v) is 12.3. The van der Waals surface area contributed by atoms with Gasteiger partial charge < -0.3 is 14.7 Å². The van der Waals surface area contributed by atoms with Crippen molar-refractivity contribution in [2.75, 3.05) is 39.8 Å². The van der Waals surface area contributed by atoms with E-state index in [-0.39, 0.29) is 6.03 Å². The number of nitrogens with zero attached hydrogens (tertiary/aromatic N) is 3. The number of carbonyl (C=O) groups excluding carboxylic acids is 1. The maximum atomic E-state index is 12.0. The Balaban J connectivity index is 1.82. The van der Waals surface area contributed by atoms with E-state index in [4.69, 9.17) is 0 Å². The highest BCUT2D eigenvalue weighted by molar-refractivity contribution is 5.76. The number of hydrogen-bond donors (Lipinski definition) is 0. The summed E-state index contributed by atoms with van der Waals surface area (Å²) >= 11 is 0. The molecule has 18 heavy (non-hydrogen) atoms. The van der Waals surface area contributed by atoms with E-state index in [9.17, 15) is 4.79 Å². The zero-order valence-electron chi connectivity index (χ0n) is 12.3. The van der Waals surface area contributed by atoms with Crippen LogP contribution in [0.2, 0.25) is 0 Å². The maximum Gasteiger partial charge on any atom is 0.320 e. The second kappa shape index (κ2) is 5.08. The van der Waals surface area contributed by atoms with Gasteiger partial charge in [-0.25, -0.2) is 4.79 Å². The third-order valence-electron chi connectivity index (χ3n) is 3.94. The Bertz CT molecular complexity index is 303. The molecule has 0 spiro atoms. The van der Waals surface area contributed by atoms with Gasteiger partial charge >= 0.3 is 6.03 Å². The molecule has 4 heteroatoms. The van der Waals surface area contributed by atoms with Gasteiger partial charge in [0.1, 0.15) is 0 Å². The van der Waals surface area contributed by atoms with Gasteiger partial charge in [0.15, 0.2) is 0 Å². The van der Waals surface area contributed by atoms with Crippen LogP contribution in [-0.2, 0) is 0 Å². The van der Waals surface area contributed by atoms with Crippen molar-refractivity contribution in [2.45, 2.75) is 39.7 Å². The summed E-state index contributed by atoms with van der Waals surface area (Å²) in [6.07, 6.45) is 2.27. The van der Waals surface area contributed by atoms with Crippen molar-refractivity contribution in [3.8, 4) is 0 Å². The molecule has 2 heterocycles. The van der Waals surface area contributed by atoms with Gasteiger partial charge in [0, 0.05) is 45.8 Å². The lowest BCUT2D eigenvalue weighted by Crippen LogP contribution is -2.47. The SMILES string of the molecule is CN1CCN(C2CCN(CC(C)(C)C)CC2)C1=O. The van der Waals surface area contributed by atoms with Crippen LogP contribution in [0.1, 0.15) is 33.6 Å². The first-order chi connectivity index (χ1) is 8.37. The first kappa shape index (κ1) is 13.7. The number of rotatable bonds is 2. The first-order valence-electron chi connectivity index (χ1n) is 7.11. The molecule has 104 valence electrons. The van der Waals surface area contributed by atoms with Gasteiger partial charge in [0.2, 0.25) is 0 Å². The Morgan fingerprint density at radius 3 is 2.17 bits per heavy atom. The van der Waals surface area contributed by atoms with Gasteiger partial charge in [0.25, 0.3) is 0 Å². The van der Waals surface area contributed by atoms with Crippen molar-refractivity contribution in [1.29, 1.82) is 0 Å². The minimum absolute atomic E-state index is 0.226. The molecule has 0 aromatic rings. The lowest BCUT2D eigenvalue weighted by Gasteiger charge is -2.38. The maximum absolute atomic E-state index is 12.0. The van der Waals surface area contributed by atoms with Crippen molar-refractivity contribution < 1.29 is 4.79 Å². The molecule has 0 saturated carbocycles. The minimum atomic E-state index is 0.226. The van der Waals surface area contributed by atoms with Gasteiger partial charge in [-0.2, -0.15) is 0 Å². The van der Waals surface area contributed by atoms with Gasteiger partial charge in [-0.1, -0.05) is 20.8 Å². The molecule has 0 radical (unpaired) electrons. The van der Waals surface area contributed by atoms with Crippen LogP contribution >= 0.6 is 0 Å². The predicted molar refractivity (Wildman–Crippen MR) is 73.6 cm³/mol. The fourth-order valence-corrected chi connectivity index (χ4v) is 3.07. The van der Waals surface area contributed by atoms with Crippen LogP contribution in [0.3, 0.4) is 0 Å². The number of hydrogen-bond acceptors (Lipinski definition) is 2. The summed E-state index contributed by atoms with van der Waals surface area (Å²) in [5.74, 6) is 0. The van der Waals surface area contributed by atoms with E-state index >= 15 is 0 Å². The topological polar surface area (TPSA) is 26.8 Å². The standard InChI is InChI=1S/C14H27N3O/c1-14(2,3)11-16-7-5-12(6-8-16)17-10-9-15(4)13(17)18/h12H,5-11H2,1-4H3. The third-order valence-corrected chi connectivity index (χ3v) is 3.94. The van der Waals surface area contributed by atoms with Gasteiger partial charge in [-0.05, 0) is 18.3 Å². The highest BCUT2D eigenvalue weighted by atomic mass is 16.2. The molecule has 0 aromatic carbocycles. The largest absolute Gasteiger partial charge is 0.326 e. The number of likely N-dealkylation sites (N-methyl/N-ethyl adjacent to an activating group) is 1. The summed E-state index contributed by atoms with van der Waals surface area (Å²) in [5, 5.41) is 0. The molecule has 2 amide bonds. The van der Waals surface area contributed by atoms with E-state index < -0.39 is 0 Å². The molecular weight excluding hydrogens is 226 g/mol. The molecule has 2 fully saturated rings. The van der Waals surface area contributed by atoms with Crippen molar-refractivity contribution in [3.05, 3.63) is 0 Å². The third kappa shape index (κ3) is 3.16. The lowest BCUT2D eigenvalue weighted by atomic mass is 9.94. The van der Waals surface area contributed by atoms with E-state index in [1.165, 1.54) is 0 Å². The summed E-state index contributed by atoms with van der Waals surface area (Å²) in [5.41, 5.74) is 0.372. The predicted octanol–water partition coefficient (Wildman–Crippen LogP) is 1.86. The van der Waals surface area contributed by atoms with Crippen LogP contribution < -0.4 is 0 Å². The highest BCUT2D eigenvalue weighted by Crippen LogP contribution is 2.23. The van der Waals surface area contributed by atoms with E-state index in [1.54, 1.807) is 0 Å². The molecule has 2 aliphatic heterocycles. The molecule has 0 unspecified atom stereocenters. The molecule has 4 nitrogen and oxygen atoms in total. The average Bonchev–Trinajstić information content (AvgIpc) is 2.59. The smallest absolute Gasteiger partial charge is 0.320 e. The number of urea groups is 1. The Morgan fingerprint density at radius 2 is 1.72 bits per heavy atom. The minimum Gasteiger partial charge on any atom is -0.326 e. The monoisotopic (exact) mass is 253 g/mol. The fourth-order valence-electron chi connectivity index (χ4n) is 3.07. The van der Waals surface area contributed by atoms with Crippen LogP contribution in [0.5, 0.6) is 0 Å². The summed E-state index contributed by atoms with van der Waals surface area (Å²) in [7, 11) is 1.90. The lowest BCUT2D eigenvalue weighted by molar-refractivity contribution is 0.108. The summed E-state index contributed by atoms with van der Waals surface area (Å²) in [4.78, 5) is 18.4. The highest BCUT2D eigenvalue weighted by Gasteiger charge is 2.33. The Kier molecular flexibility index (Phi) is 3.85. The first-order valence-corrected chi connectivity index (χ1v) is 7.11. The number of amides is 2. The molecule has 0 bridgehead atoms. The molecule has 0 N–H and O–H groups in total. The number of piperidine rings is 1. The molecule has 2 saturated heterocycles. The van der Waals surface area contributed by atoms with E-state index in [1.807, 2.05) is 11.9 Å². The van der Waals surface area contributed by atoms with Crippen molar-refractivity contribution in [1.82, 2.24) is 14.7 Å². The summed E-state index contributed by atoms with van der Waals surface area (Å²) in [6.45, 7) is 12.1. The second-order valence-corrected chi connectivity index (χ2v) is 6.97. The van der Waals surface area contributed by atoms with E-state index in [0.29, 0.717) is 11.5 Å². The van der Waals surface area contributed by atoms with Gasteiger partial charge in [-0.3, -0.25) is 0 Å². The Morgan fingerprint density at radius 1 is 1.11 bits per heavy atom. The average molecular weight is 253 g/mol. The van der Waals surface area contributed by atoms with Gasteiger partial charge in [-0.15, -0.1) is 0 Å². The van der Waals surface area contributed by atoms with Crippen molar-refractivity contribution >= 4 is 6.03 Å². The van der Waals surface area contributed by atoms with Crippen molar-refractivity contribution in [2.24, 2.45) is 5.41 Å². The normalized spacial score (nSPS) is 24.1. The quantitative estimate of drug-likeness (QED) is 0.751. The van der Waals surface area contributed by atoms with Crippen LogP contribution in [-0.4, -0.2) is 66.5 Å². The van der Waals surface area contributed by atoms with Crippen LogP contribution in [0, 0.1) is 5.41 Å². The molecule has 0 aliphatic carbocycles. The second-order valence-electron chi connectivity index (χ2n) is 6.97. The van der Waals surface area contributed by atoms with Gasteiger partial charge in [0.05, 0.1) is 0 Å². The van der Waals surface area contributed by atoms with E-state index in [0.717, 1.165) is 45.6 Å². The molecule has 2 rings (SSSR count). The summed E-state index contributed by atoms with van der Waals surface area (Å²) < 4.78 is 0. The van der Waals surface area contributed by atoms with Crippen molar-refractivity contribution in [3.63, 3.8) is 0 Å². The number of carbonyl (C=O) groups is 1. The Hall–Kier alpha value is -0.770. The Labute approximate surface area is 111 Å². The van der Waals surface area contributed by atoms with Crippen LogP contribution in [0.15, 0.2) is 0 Å². The molecule has 0 aromatic heterocycles. The number of likely N-dealkylation sites (tertiary alicyclic amines) is 1. The zero-order chi connectivity index (χ0) is 13.3. The molecule has 2 aliphatic rings. The summed E-state index contributed by atoms with van der Waals surface area (Å²) in [6, 6.07) is 0.697.